The van der Waals surface area contributed by atoms with Gasteiger partial charge in [0.05, 0.1) is 18.2 Å². The average Bonchev–Trinajstić information content (AvgIpc) is 3.21. The molecule has 0 N–H and O–H groups in total. The Kier molecular flexibility index (Phi) is 5.23. The van der Waals surface area contributed by atoms with Crippen molar-refractivity contribution in [1.29, 1.82) is 0 Å². The highest BCUT2D eigenvalue weighted by atomic mass is 16.5. The van der Waals surface area contributed by atoms with Crippen molar-refractivity contribution in [2.24, 2.45) is 13.0 Å². The lowest BCUT2D eigenvalue weighted by atomic mass is 9.96. The van der Waals surface area contributed by atoms with E-state index in [1.165, 1.54) is 0 Å². The molecule has 0 spiro atoms. The molecule has 2 atom stereocenters. The van der Waals surface area contributed by atoms with Gasteiger partial charge in [0.2, 0.25) is 5.91 Å². The Bertz CT molecular complexity index is 733. The van der Waals surface area contributed by atoms with E-state index in [-0.39, 0.29) is 11.8 Å². The third-order valence-corrected chi connectivity index (χ3v) is 5.17. The number of para-hydroxylation sites is 1. The van der Waals surface area contributed by atoms with E-state index < -0.39 is 0 Å². The third kappa shape index (κ3) is 3.61. The molecule has 134 valence electrons. The van der Waals surface area contributed by atoms with Crippen LogP contribution in [-0.4, -0.2) is 35.4 Å². The van der Waals surface area contributed by atoms with Crippen molar-refractivity contribution in [2.45, 2.75) is 33.1 Å². The number of hydrogen-bond donors (Lipinski definition) is 0. The number of carbonyl (C=O) groups excluding carboxylic acids is 1. The smallest absolute Gasteiger partial charge is 0.234 e. The summed E-state index contributed by atoms with van der Waals surface area (Å²) in [5.41, 5.74) is 3.97. The number of anilines is 1. The Hall–Kier alpha value is -2.14. The van der Waals surface area contributed by atoms with Gasteiger partial charge in [-0.1, -0.05) is 18.2 Å². The summed E-state index contributed by atoms with van der Waals surface area (Å²) in [6.45, 7) is 8.21. The highest BCUT2D eigenvalue weighted by Crippen LogP contribution is 2.28. The van der Waals surface area contributed by atoms with Crippen LogP contribution in [0.3, 0.4) is 0 Å². The molecule has 0 unspecified atom stereocenters. The molecule has 1 aliphatic rings. The van der Waals surface area contributed by atoms with Gasteiger partial charge in [-0.3, -0.25) is 9.48 Å². The van der Waals surface area contributed by atoms with Gasteiger partial charge in [-0.25, -0.2) is 0 Å². The number of aryl methyl sites for hydroxylation is 2. The van der Waals surface area contributed by atoms with Gasteiger partial charge in [0.25, 0.3) is 0 Å². The summed E-state index contributed by atoms with van der Waals surface area (Å²) >= 11 is 0. The van der Waals surface area contributed by atoms with Crippen molar-refractivity contribution in [3.8, 4) is 0 Å². The zero-order chi connectivity index (χ0) is 18.0. The van der Waals surface area contributed by atoms with E-state index in [0.29, 0.717) is 12.5 Å². The molecule has 5 heteroatoms. The van der Waals surface area contributed by atoms with Crippen LogP contribution < -0.4 is 4.90 Å². The fraction of sp³-hybridized carbons (Fsp3) is 0.500. The highest BCUT2D eigenvalue weighted by Gasteiger charge is 2.30. The number of amides is 1. The van der Waals surface area contributed by atoms with E-state index >= 15 is 0 Å². The van der Waals surface area contributed by atoms with Crippen molar-refractivity contribution in [1.82, 2.24) is 9.78 Å². The molecule has 2 heterocycles. The zero-order valence-electron chi connectivity index (χ0n) is 15.5. The SMILES string of the molecule is Cc1nn(C)c(C)c1[C@H](C)C(=O)N(C[C@H]1CCOC1)c1ccccc1. The van der Waals surface area contributed by atoms with Crippen LogP contribution in [0.1, 0.15) is 36.2 Å². The van der Waals surface area contributed by atoms with Gasteiger partial charge < -0.3 is 9.64 Å². The molecule has 0 radical (unpaired) electrons. The van der Waals surface area contributed by atoms with E-state index in [1.807, 2.05) is 67.7 Å². The van der Waals surface area contributed by atoms with Gasteiger partial charge in [0.1, 0.15) is 0 Å². The topological polar surface area (TPSA) is 47.4 Å². The van der Waals surface area contributed by atoms with E-state index in [2.05, 4.69) is 5.10 Å². The molecule has 5 nitrogen and oxygen atoms in total. The third-order valence-electron chi connectivity index (χ3n) is 5.17. The van der Waals surface area contributed by atoms with Gasteiger partial charge in [0, 0.05) is 43.1 Å². The van der Waals surface area contributed by atoms with Crippen LogP contribution in [0.5, 0.6) is 0 Å². The summed E-state index contributed by atoms with van der Waals surface area (Å²) in [6, 6.07) is 9.94. The quantitative estimate of drug-likeness (QED) is 0.839. The second kappa shape index (κ2) is 7.40. The summed E-state index contributed by atoms with van der Waals surface area (Å²) in [4.78, 5) is 15.3. The number of aromatic nitrogens is 2. The van der Waals surface area contributed by atoms with Crippen LogP contribution in [-0.2, 0) is 16.6 Å². The normalized spacial score (nSPS) is 18.3. The Morgan fingerprint density at radius 1 is 1.36 bits per heavy atom. The zero-order valence-corrected chi connectivity index (χ0v) is 15.5. The standard InChI is InChI=1S/C20H27N3O2/c1-14(19-15(2)21-22(4)16(19)3)20(24)23(12-17-10-11-25-13-17)18-8-6-5-7-9-18/h5-9,14,17H,10-13H2,1-4H3/t14-,17+/m0/s1. The van der Waals surface area contributed by atoms with Crippen LogP contribution in [0.25, 0.3) is 0 Å². The molecule has 3 rings (SSSR count). The van der Waals surface area contributed by atoms with Crippen molar-refractivity contribution in [2.75, 3.05) is 24.7 Å². The van der Waals surface area contributed by atoms with Gasteiger partial charge >= 0.3 is 0 Å². The van der Waals surface area contributed by atoms with E-state index in [4.69, 9.17) is 4.74 Å². The van der Waals surface area contributed by atoms with Gasteiger partial charge in [0.15, 0.2) is 0 Å². The molecule has 1 aromatic carbocycles. The molecule has 2 aromatic rings. The van der Waals surface area contributed by atoms with Crippen LogP contribution >= 0.6 is 0 Å². The molecule has 0 bridgehead atoms. The Labute approximate surface area is 149 Å². The first-order valence-corrected chi connectivity index (χ1v) is 8.93. The molecule has 0 saturated carbocycles. The molecule has 0 aliphatic carbocycles. The second-order valence-corrected chi connectivity index (χ2v) is 6.94. The van der Waals surface area contributed by atoms with Crippen molar-refractivity contribution >= 4 is 11.6 Å². The molecule has 1 amide bonds. The minimum atomic E-state index is -0.226. The van der Waals surface area contributed by atoms with Crippen molar-refractivity contribution < 1.29 is 9.53 Å². The second-order valence-electron chi connectivity index (χ2n) is 6.94. The van der Waals surface area contributed by atoms with Gasteiger partial charge in [-0.2, -0.15) is 5.10 Å². The predicted molar refractivity (Wildman–Crippen MR) is 98.8 cm³/mol. The molecule has 1 aliphatic heterocycles. The first kappa shape index (κ1) is 17.7. The number of ether oxygens (including phenoxy) is 1. The Morgan fingerprint density at radius 3 is 2.64 bits per heavy atom. The number of hydrogen-bond acceptors (Lipinski definition) is 3. The minimum absolute atomic E-state index is 0.123. The maximum atomic E-state index is 13.4. The van der Waals surface area contributed by atoms with Crippen LogP contribution in [0.4, 0.5) is 5.69 Å². The first-order valence-electron chi connectivity index (χ1n) is 8.93. The maximum absolute atomic E-state index is 13.4. The Morgan fingerprint density at radius 2 is 2.08 bits per heavy atom. The fourth-order valence-corrected chi connectivity index (χ4v) is 3.69. The number of benzene rings is 1. The molecular formula is C20H27N3O2. The fourth-order valence-electron chi connectivity index (χ4n) is 3.69. The minimum Gasteiger partial charge on any atom is -0.381 e. The summed E-state index contributed by atoms with van der Waals surface area (Å²) in [5.74, 6) is 0.293. The lowest BCUT2D eigenvalue weighted by molar-refractivity contribution is -0.119. The molecule has 1 fully saturated rings. The number of rotatable bonds is 5. The first-order chi connectivity index (χ1) is 12.0. The van der Waals surface area contributed by atoms with Crippen LogP contribution in [0.2, 0.25) is 0 Å². The van der Waals surface area contributed by atoms with E-state index in [0.717, 1.165) is 42.3 Å². The predicted octanol–water partition coefficient (Wildman–Crippen LogP) is 3.21. The van der Waals surface area contributed by atoms with Crippen molar-refractivity contribution in [3.05, 3.63) is 47.3 Å². The average molecular weight is 341 g/mol. The maximum Gasteiger partial charge on any atom is 0.234 e. The number of carbonyl (C=O) groups is 1. The largest absolute Gasteiger partial charge is 0.381 e. The van der Waals surface area contributed by atoms with E-state index in [1.54, 1.807) is 0 Å². The molecule has 1 saturated heterocycles. The Balaban J connectivity index is 1.90. The van der Waals surface area contributed by atoms with Crippen LogP contribution in [0.15, 0.2) is 30.3 Å². The van der Waals surface area contributed by atoms with Gasteiger partial charge in [-0.05, 0) is 39.3 Å². The lowest BCUT2D eigenvalue weighted by Gasteiger charge is -2.28. The number of nitrogens with zero attached hydrogens (tertiary/aromatic N) is 3. The molecule has 25 heavy (non-hydrogen) atoms. The van der Waals surface area contributed by atoms with Crippen molar-refractivity contribution in [3.63, 3.8) is 0 Å². The summed E-state index contributed by atoms with van der Waals surface area (Å²) in [6.07, 6.45) is 1.01. The summed E-state index contributed by atoms with van der Waals surface area (Å²) in [5, 5.41) is 4.48. The van der Waals surface area contributed by atoms with Gasteiger partial charge in [-0.15, -0.1) is 0 Å². The molecule has 1 aromatic heterocycles. The van der Waals surface area contributed by atoms with E-state index in [9.17, 15) is 4.79 Å². The lowest BCUT2D eigenvalue weighted by Crippen LogP contribution is -2.38. The summed E-state index contributed by atoms with van der Waals surface area (Å²) in [7, 11) is 1.92. The summed E-state index contributed by atoms with van der Waals surface area (Å²) < 4.78 is 7.36. The monoisotopic (exact) mass is 341 g/mol. The highest BCUT2D eigenvalue weighted by molar-refractivity contribution is 5.98. The molecular weight excluding hydrogens is 314 g/mol. The van der Waals surface area contributed by atoms with Crippen LogP contribution in [0, 0.1) is 19.8 Å².